The van der Waals surface area contributed by atoms with Gasteiger partial charge in [-0.2, -0.15) is 0 Å². The van der Waals surface area contributed by atoms with E-state index < -0.39 is 6.10 Å². The molecule has 0 aliphatic carbocycles. The Kier molecular flexibility index (Phi) is 66.2. The van der Waals surface area contributed by atoms with Gasteiger partial charge in [-0.25, -0.2) is 0 Å². The molecule has 0 radical (unpaired) electrons. The maximum Gasteiger partial charge on any atom is 0.306 e. The summed E-state index contributed by atoms with van der Waals surface area (Å²) in [6.07, 6.45) is 92.1. The second-order valence-corrected chi connectivity index (χ2v) is 23.4. The number of rotatable bonds is 64. The lowest BCUT2D eigenvalue weighted by Gasteiger charge is -2.18. The first-order valence-corrected chi connectivity index (χ1v) is 35.1. The van der Waals surface area contributed by atoms with Crippen molar-refractivity contribution in [2.24, 2.45) is 0 Å². The van der Waals surface area contributed by atoms with Crippen LogP contribution in [0.25, 0.3) is 0 Å². The summed E-state index contributed by atoms with van der Waals surface area (Å²) >= 11 is 0. The van der Waals surface area contributed by atoms with Gasteiger partial charge in [-0.15, -0.1) is 0 Å². The Hall–Kier alpha value is -3.41. The first-order valence-electron chi connectivity index (χ1n) is 35.1. The Bertz CT molecular complexity index is 1530. The van der Waals surface area contributed by atoms with Crippen molar-refractivity contribution in [1.82, 2.24) is 0 Å². The zero-order valence-electron chi connectivity index (χ0n) is 53.8. The van der Waals surface area contributed by atoms with Crippen molar-refractivity contribution in [3.05, 3.63) is 85.1 Å². The molecule has 0 aliphatic heterocycles. The summed E-state index contributed by atoms with van der Waals surface area (Å²) in [5.74, 6) is -0.938. The minimum atomic E-state index is -0.805. The van der Waals surface area contributed by atoms with Crippen LogP contribution >= 0.6 is 0 Å². The highest BCUT2D eigenvalue weighted by molar-refractivity contribution is 5.71. The van der Waals surface area contributed by atoms with Gasteiger partial charge in [0.2, 0.25) is 0 Å². The molecule has 6 heteroatoms. The van der Waals surface area contributed by atoms with Crippen LogP contribution in [0.3, 0.4) is 0 Å². The molecule has 0 aliphatic rings. The molecule has 0 aromatic heterocycles. The van der Waals surface area contributed by atoms with Crippen molar-refractivity contribution < 1.29 is 28.6 Å². The molecule has 0 spiro atoms. The van der Waals surface area contributed by atoms with Gasteiger partial charge in [0.05, 0.1) is 0 Å². The van der Waals surface area contributed by atoms with Gasteiger partial charge in [-0.05, 0) is 116 Å². The molecule has 0 aromatic rings. The van der Waals surface area contributed by atoms with Crippen LogP contribution in [-0.2, 0) is 28.6 Å². The van der Waals surface area contributed by atoms with Crippen LogP contribution < -0.4 is 0 Å². The van der Waals surface area contributed by atoms with E-state index in [-0.39, 0.29) is 37.5 Å². The fourth-order valence-electron chi connectivity index (χ4n) is 10.1. The number of ether oxygens (including phenoxy) is 3. The van der Waals surface area contributed by atoms with E-state index >= 15 is 0 Å². The molecule has 0 saturated carbocycles. The number of carbonyl (C=O) groups excluding carboxylic acids is 3. The fraction of sp³-hybridized carbons (Fsp3) is 0.773. The fourth-order valence-corrected chi connectivity index (χ4v) is 10.1. The Morgan fingerprint density at radius 1 is 0.259 bits per heavy atom. The SMILES string of the molecule is CC/C=C\C/C=C\C/C=C\C/C=C\CCCCC(=O)OC(COC(=O)CCCCCCC/C=C\C/C=C\CCCCC)COC(=O)CCCCCCCCCCCCCCCCCCCCCCC/C=C\CCCCCCCCCC. The lowest BCUT2D eigenvalue weighted by Crippen LogP contribution is -2.30. The topological polar surface area (TPSA) is 78.9 Å². The van der Waals surface area contributed by atoms with Crippen LogP contribution in [0.4, 0.5) is 0 Å². The van der Waals surface area contributed by atoms with Crippen LogP contribution in [0.5, 0.6) is 0 Å². The number of hydrogen-bond donors (Lipinski definition) is 0. The van der Waals surface area contributed by atoms with Gasteiger partial charge in [0.25, 0.3) is 0 Å². The highest BCUT2D eigenvalue weighted by Crippen LogP contribution is 2.18. The monoisotopic (exact) mass is 1130 g/mol. The lowest BCUT2D eigenvalue weighted by atomic mass is 10.0. The van der Waals surface area contributed by atoms with E-state index in [2.05, 4.69) is 106 Å². The molecular formula is C75H132O6. The smallest absolute Gasteiger partial charge is 0.306 e. The highest BCUT2D eigenvalue weighted by Gasteiger charge is 2.19. The van der Waals surface area contributed by atoms with Gasteiger partial charge < -0.3 is 14.2 Å². The van der Waals surface area contributed by atoms with Crippen molar-refractivity contribution in [3.63, 3.8) is 0 Å². The number of esters is 3. The highest BCUT2D eigenvalue weighted by atomic mass is 16.6. The number of carbonyl (C=O) groups is 3. The van der Waals surface area contributed by atoms with Gasteiger partial charge >= 0.3 is 17.9 Å². The van der Waals surface area contributed by atoms with Crippen LogP contribution in [0, 0.1) is 0 Å². The molecule has 6 nitrogen and oxygen atoms in total. The van der Waals surface area contributed by atoms with Crippen LogP contribution in [0.15, 0.2) is 85.1 Å². The standard InChI is InChI=1S/C75H132O6/c1-4-7-10-13-16-19-22-25-28-29-30-31-32-33-34-35-36-37-38-39-40-41-42-43-44-45-48-50-53-56-59-62-65-68-74(77)80-71-72(81-75(78)69-66-63-60-57-54-51-47-27-24-21-18-15-12-9-6-3)70-79-73(76)67-64-61-58-55-52-49-46-26-23-20-17-14-11-8-5-2/h9,12,17-18,20-21,26-27,29-30,46-47,54,57,72H,4-8,10-11,13-16,19,22-25,28,31-45,48-53,55-56,58-71H2,1-3H3/b12-9-,20-17-,21-18-,30-29-,46-26-,47-27-,57-54-. The van der Waals surface area contributed by atoms with Gasteiger partial charge in [-0.1, -0.05) is 305 Å². The van der Waals surface area contributed by atoms with E-state index in [0.717, 1.165) is 103 Å². The molecule has 0 saturated heterocycles. The molecule has 0 N–H and O–H groups in total. The second kappa shape index (κ2) is 69.1. The maximum atomic E-state index is 12.9. The zero-order valence-corrected chi connectivity index (χ0v) is 53.8. The summed E-state index contributed by atoms with van der Waals surface area (Å²) in [5.41, 5.74) is 0. The molecule has 0 amide bonds. The number of allylic oxidation sites excluding steroid dienone is 14. The quantitative estimate of drug-likeness (QED) is 0.0261. The van der Waals surface area contributed by atoms with Crippen LogP contribution in [-0.4, -0.2) is 37.2 Å². The molecule has 0 rings (SSSR count). The Labute approximate surface area is 503 Å². The average molecular weight is 1130 g/mol. The second-order valence-electron chi connectivity index (χ2n) is 23.4. The Balaban J connectivity index is 4.17. The van der Waals surface area contributed by atoms with E-state index in [1.807, 2.05) is 0 Å². The van der Waals surface area contributed by atoms with E-state index in [1.54, 1.807) is 0 Å². The minimum Gasteiger partial charge on any atom is -0.462 e. The molecule has 468 valence electrons. The van der Waals surface area contributed by atoms with Gasteiger partial charge in [0, 0.05) is 19.3 Å². The molecule has 0 bridgehead atoms. The summed E-state index contributed by atoms with van der Waals surface area (Å²) in [4.78, 5) is 38.3. The molecule has 1 unspecified atom stereocenters. The maximum absolute atomic E-state index is 12.9. The van der Waals surface area contributed by atoms with Gasteiger partial charge in [0.1, 0.15) is 13.2 Å². The lowest BCUT2D eigenvalue weighted by molar-refractivity contribution is -0.167. The third kappa shape index (κ3) is 67.3. The zero-order chi connectivity index (χ0) is 58.5. The van der Waals surface area contributed by atoms with E-state index in [9.17, 15) is 14.4 Å². The molecule has 0 aromatic carbocycles. The Morgan fingerprint density at radius 3 is 0.815 bits per heavy atom. The van der Waals surface area contributed by atoms with E-state index in [0.29, 0.717) is 19.3 Å². The predicted octanol–water partition coefficient (Wildman–Crippen LogP) is 24.2. The van der Waals surface area contributed by atoms with Crippen LogP contribution in [0.2, 0.25) is 0 Å². The predicted molar refractivity (Wildman–Crippen MR) is 353 cm³/mol. The van der Waals surface area contributed by atoms with Gasteiger partial charge in [0.15, 0.2) is 6.10 Å². The summed E-state index contributed by atoms with van der Waals surface area (Å²) in [6.45, 7) is 6.49. The summed E-state index contributed by atoms with van der Waals surface area (Å²) in [5, 5.41) is 0. The average Bonchev–Trinajstić information content (AvgIpc) is 3.47. The van der Waals surface area contributed by atoms with Crippen molar-refractivity contribution in [1.29, 1.82) is 0 Å². The first-order chi connectivity index (χ1) is 40.0. The van der Waals surface area contributed by atoms with Crippen molar-refractivity contribution in [3.8, 4) is 0 Å². The third-order valence-corrected chi connectivity index (χ3v) is 15.4. The van der Waals surface area contributed by atoms with Crippen molar-refractivity contribution in [2.45, 2.75) is 361 Å². The van der Waals surface area contributed by atoms with Crippen LogP contribution in [0.1, 0.15) is 355 Å². The molecule has 0 fully saturated rings. The van der Waals surface area contributed by atoms with E-state index in [4.69, 9.17) is 14.2 Å². The molecule has 1 atom stereocenters. The Morgan fingerprint density at radius 2 is 0.481 bits per heavy atom. The van der Waals surface area contributed by atoms with Crippen molar-refractivity contribution in [2.75, 3.05) is 13.2 Å². The largest absolute Gasteiger partial charge is 0.462 e. The summed E-state index contributed by atoms with van der Waals surface area (Å²) in [6, 6.07) is 0. The molecular weight excluding hydrogens is 997 g/mol. The number of hydrogen-bond acceptors (Lipinski definition) is 6. The van der Waals surface area contributed by atoms with Gasteiger partial charge in [-0.3, -0.25) is 14.4 Å². The molecule has 81 heavy (non-hydrogen) atoms. The van der Waals surface area contributed by atoms with Crippen molar-refractivity contribution >= 4 is 17.9 Å². The molecule has 0 heterocycles. The summed E-state index contributed by atoms with van der Waals surface area (Å²) in [7, 11) is 0. The number of unbranched alkanes of at least 4 members (excludes halogenated alkanes) is 39. The first kappa shape index (κ1) is 77.6. The normalized spacial score (nSPS) is 12.6. The third-order valence-electron chi connectivity index (χ3n) is 15.4. The minimum absolute atomic E-state index is 0.0954. The van der Waals surface area contributed by atoms with E-state index in [1.165, 1.54) is 205 Å². The summed E-state index contributed by atoms with van der Waals surface area (Å²) < 4.78 is 16.9.